The normalized spacial score (nSPS) is 11.4. The number of rotatable bonds is 2. The van der Waals surface area contributed by atoms with Crippen LogP contribution in [0.1, 0.15) is 26.3 Å². The lowest BCUT2D eigenvalue weighted by molar-refractivity contribution is -0.275. The molecule has 0 radical (unpaired) electrons. The highest BCUT2D eigenvalue weighted by molar-refractivity contribution is 5.44. The van der Waals surface area contributed by atoms with Crippen molar-refractivity contribution < 1.29 is 14.9 Å². The van der Waals surface area contributed by atoms with E-state index in [1.165, 1.54) is 0 Å². The van der Waals surface area contributed by atoms with Crippen LogP contribution in [0.15, 0.2) is 18.2 Å². The van der Waals surface area contributed by atoms with Gasteiger partial charge in [0, 0.05) is 0 Å². The number of aryl methyl sites for hydroxylation is 1. The van der Waals surface area contributed by atoms with Crippen molar-refractivity contribution in [1.82, 2.24) is 0 Å². The predicted octanol–water partition coefficient (Wildman–Crippen LogP) is 2.81. The zero-order valence-electron chi connectivity index (χ0n) is 9.00. The van der Waals surface area contributed by atoms with Gasteiger partial charge in [-0.05, 0) is 39.3 Å². The van der Waals surface area contributed by atoms with Gasteiger partial charge in [0.2, 0.25) is 5.75 Å². The van der Waals surface area contributed by atoms with E-state index in [4.69, 9.17) is 9.78 Å². The summed E-state index contributed by atoms with van der Waals surface area (Å²) < 4.78 is 0. The van der Waals surface area contributed by atoms with E-state index in [-0.39, 0.29) is 5.75 Å². The largest absolute Gasteiger partial charge is 0.504 e. The number of para-hydroxylation sites is 1. The van der Waals surface area contributed by atoms with E-state index in [9.17, 15) is 5.11 Å². The average molecular weight is 196 g/mol. The maximum Gasteiger partial charge on any atom is 0.209 e. The molecule has 0 saturated heterocycles. The molecule has 0 aliphatic rings. The molecule has 0 saturated carbocycles. The summed E-state index contributed by atoms with van der Waals surface area (Å²) >= 11 is 0. The molecule has 0 aliphatic heterocycles. The number of phenolic OH excluding ortho intramolecular Hbond substituents is 1. The van der Waals surface area contributed by atoms with Gasteiger partial charge < -0.3 is 9.99 Å². The minimum atomic E-state index is -0.394. The molecular formula is C11H16O3. The third kappa shape index (κ3) is 2.92. The Balaban J connectivity index is 2.77. The van der Waals surface area contributed by atoms with E-state index in [0.717, 1.165) is 5.56 Å². The van der Waals surface area contributed by atoms with Gasteiger partial charge in [-0.3, -0.25) is 0 Å². The van der Waals surface area contributed by atoms with Crippen LogP contribution in [0.3, 0.4) is 0 Å². The lowest BCUT2D eigenvalue weighted by atomic mass is 10.2. The second-order valence-corrected chi connectivity index (χ2v) is 4.20. The molecule has 0 aliphatic carbocycles. The topological polar surface area (TPSA) is 38.7 Å². The van der Waals surface area contributed by atoms with Gasteiger partial charge >= 0.3 is 0 Å². The lowest BCUT2D eigenvalue weighted by Crippen LogP contribution is -2.21. The van der Waals surface area contributed by atoms with Crippen LogP contribution < -0.4 is 4.89 Å². The van der Waals surface area contributed by atoms with Gasteiger partial charge in [-0.1, -0.05) is 12.1 Å². The molecule has 0 bridgehead atoms. The summed E-state index contributed by atoms with van der Waals surface area (Å²) in [6.07, 6.45) is 0. The molecule has 3 nitrogen and oxygen atoms in total. The Kier molecular flexibility index (Phi) is 3.01. The van der Waals surface area contributed by atoms with Crippen molar-refractivity contribution in [2.45, 2.75) is 33.3 Å². The minimum absolute atomic E-state index is 0.0919. The van der Waals surface area contributed by atoms with Crippen LogP contribution in [-0.4, -0.2) is 10.7 Å². The van der Waals surface area contributed by atoms with Crippen LogP contribution in [0.4, 0.5) is 0 Å². The highest BCUT2D eigenvalue weighted by Crippen LogP contribution is 2.30. The Labute approximate surface area is 84.2 Å². The molecule has 0 atom stereocenters. The van der Waals surface area contributed by atoms with E-state index >= 15 is 0 Å². The van der Waals surface area contributed by atoms with Gasteiger partial charge in [0.15, 0.2) is 5.75 Å². The summed E-state index contributed by atoms with van der Waals surface area (Å²) in [5, 5.41) is 9.48. The summed E-state index contributed by atoms with van der Waals surface area (Å²) in [5.74, 6) is 0.469. The highest BCUT2D eigenvalue weighted by atomic mass is 17.2. The minimum Gasteiger partial charge on any atom is -0.504 e. The van der Waals surface area contributed by atoms with Crippen molar-refractivity contribution in [1.29, 1.82) is 0 Å². The zero-order valence-corrected chi connectivity index (χ0v) is 9.00. The maximum atomic E-state index is 9.48. The fourth-order valence-electron chi connectivity index (χ4n) is 0.912. The fraction of sp³-hybridized carbons (Fsp3) is 0.455. The number of aromatic hydroxyl groups is 1. The Morgan fingerprint density at radius 2 is 1.86 bits per heavy atom. The summed E-state index contributed by atoms with van der Waals surface area (Å²) in [7, 11) is 0. The summed E-state index contributed by atoms with van der Waals surface area (Å²) in [5.41, 5.74) is 0.448. The number of benzene rings is 1. The van der Waals surface area contributed by atoms with Crippen molar-refractivity contribution in [3.8, 4) is 11.5 Å². The van der Waals surface area contributed by atoms with E-state index in [2.05, 4.69) is 0 Å². The lowest BCUT2D eigenvalue weighted by Gasteiger charge is -2.18. The SMILES string of the molecule is Cc1cccc(O)c1OOC(C)(C)C. The first-order valence-corrected chi connectivity index (χ1v) is 4.54. The summed E-state index contributed by atoms with van der Waals surface area (Å²) in [6.45, 7) is 7.48. The van der Waals surface area contributed by atoms with Gasteiger partial charge in [-0.2, -0.15) is 4.89 Å². The Morgan fingerprint density at radius 1 is 1.21 bits per heavy atom. The first kappa shape index (κ1) is 10.9. The zero-order chi connectivity index (χ0) is 10.8. The van der Waals surface area contributed by atoms with Crippen LogP contribution in [-0.2, 0) is 4.89 Å². The summed E-state index contributed by atoms with van der Waals surface area (Å²) in [6, 6.07) is 5.17. The molecule has 0 spiro atoms. The van der Waals surface area contributed by atoms with Crippen molar-refractivity contribution in [2.75, 3.05) is 0 Å². The van der Waals surface area contributed by atoms with Crippen LogP contribution in [0.5, 0.6) is 11.5 Å². The first-order valence-electron chi connectivity index (χ1n) is 4.54. The molecule has 0 fully saturated rings. The molecule has 1 rings (SSSR count). The molecule has 78 valence electrons. The van der Waals surface area contributed by atoms with E-state index in [1.807, 2.05) is 33.8 Å². The van der Waals surface area contributed by atoms with E-state index < -0.39 is 5.60 Å². The Morgan fingerprint density at radius 3 is 2.36 bits per heavy atom. The molecule has 1 N–H and O–H groups in total. The Bertz CT molecular complexity index is 293. The predicted molar refractivity (Wildman–Crippen MR) is 54.3 cm³/mol. The molecule has 1 aromatic carbocycles. The molecular weight excluding hydrogens is 180 g/mol. The standard InChI is InChI=1S/C11H16O3/c1-8-6-5-7-9(12)10(8)13-14-11(2,3)4/h5-7,12H,1-4H3. The number of hydrogen-bond acceptors (Lipinski definition) is 3. The number of phenols is 1. The van der Waals surface area contributed by atoms with E-state index in [1.54, 1.807) is 12.1 Å². The van der Waals surface area contributed by atoms with Crippen molar-refractivity contribution in [2.24, 2.45) is 0 Å². The molecule has 14 heavy (non-hydrogen) atoms. The van der Waals surface area contributed by atoms with Crippen LogP contribution in [0, 0.1) is 6.92 Å². The monoisotopic (exact) mass is 196 g/mol. The molecule has 0 aromatic heterocycles. The number of hydrogen-bond donors (Lipinski definition) is 1. The van der Waals surface area contributed by atoms with Crippen LogP contribution in [0.2, 0.25) is 0 Å². The smallest absolute Gasteiger partial charge is 0.209 e. The van der Waals surface area contributed by atoms with E-state index in [0.29, 0.717) is 5.75 Å². The van der Waals surface area contributed by atoms with Crippen LogP contribution >= 0.6 is 0 Å². The molecule has 0 amide bonds. The van der Waals surface area contributed by atoms with Gasteiger partial charge in [-0.25, -0.2) is 0 Å². The van der Waals surface area contributed by atoms with Gasteiger partial charge in [-0.15, -0.1) is 0 Å². The third-order valence-corrected chi connectivity index (χ3v) is 1.57. The van der Waals surface area contributed by atoms with Gasteiger partial charge in [0.1, 0.15) is 5.60 Å². The second kappa shape index (κ2) is 3.88. The van der Waals surface area contributed by atoms with Crippen molar-refractivity contribution in [3.05, 3.63) is 23.8 Å². The molecule has 1 aromatic rings. The van der Waals surface area contributed by atoms with Gasteiger partial charge in [0.05, 0.1) is 0 Å². The molecule has 0 heterocycles. The second-order valence-electron chi connectivity index (χ2n) is 4.20. The van der Waals surface area contributed by atoms with Crippen LogP contribution in [0.25, 0.3) is 0 Å². The fourth-order valence-corrected chi connectivity index (χ4v) is 0.912. The first-order chi connectivity index (χ1) is 6.40. The maximum absolute atomic E-state index is 9.48. The average Bonchev–Trinajstić information content (AvgIpc) is 2.01. The molecule has 3 heteroatoms. The van der Waals surface area contributed by atoms with Crippen molar-refractivity contribution in [3.63, 3.8) is 0 Å². The quantitative estimate of drug-likeness (QED) is 0.584. The highest BCUT2D eigenvalue weighted by Gasteiger charge is 2.15. The Hall–Kier alpha value is -1.22. The van der Waals surface area contributed by atoms with Crippen molar-refractivity contribution >= 4 is 0 Å². The summed E-state index contributed by atoms with van der Waals surface area (Å²) in [4.78, 5) is 10.2. The molecule has 0 unspecified atom stereocenters. The third-order valence-electron chi connectivity index (χ3n) is 1.57. The van der Waals surface area contributed by atoms with Gasteiger partial charge in [0.25, 0.3) is 0 Å².